The van der Waals surface area contributed by atoms with Gasteiger partial charge in [-0.3, -0.25) is 4.79 Å². The lowest BCUT2D eigenvalue weighted by Crippen LogP contribution is -2.16. The molecule has 0 saturated heterocycles. The first kappa shape index (κ1) is 17.7. The first-order valence-electron chi connectivity index (χ1n) is 8.03. The number of aryl methyl sites for hydroxylation is 2. The average Bonchev–Trinajstić information content (AvgIpc) is 3.02. The summed E-state index contributed by atoms with van der Waals surface area (Å²) in [5.74, 6) is -0.407. The van der Waals surface area contributed by atoms with Gasteiger partial charge in [0, 0.05) is 17.2 Å². The van der Waals surface area contributed by atoms with Crippen molar-refractivity contribution in [1.82, 2.24) is 20.0 Å². The summed E-state index contributed by atoms with van der Waals surface area (Å²) in [5, 5.41) is 37.9. The summed E-state index contributed by atoms with van der Waals surface area (Å²) in [7, 11) is 0. The minimum Gasteiger partial charge on any atom is -0.507 e. The molecule has 134 valence electrons. The van der Waals surface area contributed by atoms with Crippen LogP contribution in [0.4, 0.5) is 5.82 Å². The van der Waals surface area contributed by atoms with Crippen LogP contribution in [0.5, 0.6) is 5.75 Å². The number of nitrogens with zero attached hydrogens (tertiary/aromatic N) is 5. The zero-order valence-corrected chi connectivity index (χ0v) is 14.6. The highest BCUT2D eigenvalue weighted by Crippen LogP contribution is 2.35. The zero-order chi connectivity index (χ0) is 19.7. The minimum absolute atomic E-state index is 0.0100. The molecule has 0 aliphatic carbocycles. The fourth-order valence-corrected chi connectivity index (χ4v) is 2.82. The number of nitrogens with one attached hydrogen (secondary N) is 1. The van der Waals surface area contributed by atoms with E-state index in [0.717, 1.165) is 17.8 Å². The number of aromatic amines is 1. The molecule has 9 heteroatoms. The zero-order valence-electron chi connectivity index (χ0n) is 14.6. The molecule has 0 unspecified atom stereocenters. The second-order valence-corrected chi connectivity index (χ2v) is 5.79. The van der Waals surface area contributed by atoms with Gasteiger partial charge in [0.2, 0.25) is 0 Å². The van der Waals surface area contributed by atoms with Gasteiger partial charge in [0.15, 0.2) is 0 Å². The number of H-pyrrole nitrogens is 1. The van der Waals surface area contributed by atoms with E-state index in [-0.39, 0.29) is 33.8 Å². The largest absolute Gasteiger partial charge is 0.507 e. The van der Waals surface area contributed by atoms with Gasteiger partial charge in [-0.15, -0.1) is 0 Å². The highest BCUT2D eigenvalue weighted by atomic mass is 16.3. The molecule has 0 spiro atoms. The number of phenols is 1. The molecule has 9 nitrogen and oxygen atoms in total. The number of nitrogens with two attached hydrogens (primary N) is 1. The smallest absolute Gasteiger partial charge is 0.268 e. The molecule has 3 rings (SSSR count). The van der Waals surface area contributed by atoms with Crippen LogP contribution < -0.4 is 11.3 Å². The van der Waals surface area contributed by atoms with E-state index in [1.165, 1.54) is 16.9 Å². The van der Waals surface area contributed by atoms with E-state index in [2.05, 4.69) is 15.2 Å². The molecule has 2 aromatic heterocycles. The molecule has 4 N–H and O–H groups in total. The molecule has 0 aliphatic rings. The molecular formula is C18H15N7O2. The molecule has 3 aromatic rings. The van der Waals surface area contributed by atoms with Crippen molar-refractivity contribution in [3.8, 4) is 34.7 Å². The van der Waals surface area contributed by atoms with Crippen molar-refractivity contribution in [2.75, 3.05) is 5.73 Å². The minimum atomic E-state index is -0.732. The van der Waals surface area contributed by atoms with E-state index >= 15 is 0 Å². The number of nitriles is 2. The van der Waals surface area contributed by atoms with E-state index in [9.17, 15) is 20.4 Å². The normalized spacial score (nSPS) is 10.4. The van der Waals surface area contributed by atoms with E-state index in [4.69, 9.17) is 5.73 Å². The molecule has 0 atom stereocenters. The van der Waals surface area contributed by atoms with E-state index < -0.39 is 5.56 Å². The molecule has 0 radical (unpaired) electrons. The van der Waals surface area contributed by atoms with Crippen LogP contribution in [0.25, 0.3) is 16.8 Å². The maximum atomic E-state index is 12.0. The van der Waals surface area contributed by atoms with Crippen LogP contribution >= 0.6 is 0 Å². The van der Waals surface area contributed by atoms with Gasteiger partial charge in [-0.2, -0.15) is 25.5 Å². The van der Waals surface area contributed by atoms with Crippen LogP contribution in [0.3, 0.4) is 0 Å². The van der Waals surface area contributed by atoms with Crippen LogP contribution in [0, 0.1) is 29.6 Å². The van der Waals surface area contributed by atoms with Crippen LogP contribution in [0.15, 0.2) is 23.0 Å². The van der Waals surface area contributed by atoms with Crippen molar-refractivity contribution in [2.24, 2.45) is 0 Å². The Morgan fingerprint density at radius 1 is 1.26 bits per heavy atom. The Morgan fingerprint density at radius 2 is 1.96 bits per heavy atom. The van der Waals surface area contributed by atoms with Crippen molar-refractivity contribution in [2.45, 2.75) is 20.3 Å². The van der Waals surface area contributed by atoms with Gasteiger partial charge < -0.3 is 15.8 Å². The third-order valence-electron chi connectivity index (χ3n) is 4.16. The highest BCUT2D eigenvalue weighted by Gasteiger charge is 2.21. The second-order valence-electron chi connectivity index (χ2n) is 5.79. The maximum Gasteiger partial charge on any atom is 0.268 e. The average molecular weight is 361 g/mol. The third-order valence-corrected chi connectivity index (χ3v) is 4.16. The lowest BCUT2D eigenvalue weighted by molar-refractivity contribution is 0.476. The van der Waals surface area contributed by atoms with Crippen molar-refractivity contribution in [3.05, 3.63) is 51.1 Å². The van der Waals surface area contributed by atoms with Crippen molar-refractivity contribution >= 4 is 5.82 Å². The number of hydrogen-bond acceptors (Lipinski definition) is 7. The topological polar surface area (TPSA) is 157 Å². The van der Waals surface area contributed by atoms with Crippen molar-refractivity contribution < 1.29 is 5.11 Å². The highest BCUT2D eigenvalue weighted by molar-refractivity contribution is 5.83. The molecule has 27 heavy (non-hydrogen) atoms. The number of rotatable bonds is 3. The van der Waals surface area contributed by atoms with Gasteiger partial charge in [-0.1, -0.05) is 6.92 Å². The van der Waals surface area contributed by atoms with E-state index in [0.29, 0.717) is 5.69 Å². The van der Waals surface area contributed by atoms with Gasteiger partial charge in [0.1, 0.15) is 34.8 Å². The Morgan fingerprint density at radius 3 is 2.52 bits per heavy atom. The Balaban J connectivity index is 2.22. The lowest BCUT2D eigenvalue weighted by atomic mass is 9.95. The summed E-state index contributed by atoms with van der Waals surface area (Å²) in [6, 6.07) is 8.14. The van der Waals surface area contributed by atoms with Gasteiger partial charge in [-0.25, -0.2) is 0 Å². The maximum absolute atomic E-state index is 12.0. The Hall–Kier alpha value is -4.11. The molecule has 1 aromatic carbocycles. The number of aromatic hydroxyl groups is 1. The van der Waals surface area contributed by atoms with Crippen LogP contribution in [-0.4, -0.2) is 25.1 Å². The summed E-state index contributed by atoms with van der Waals surface area (Å²) in [4.78, 5) is 15.7. The predicted molar refractivity (Wildman–Crippen MR) is 97.0 cm³/mol. The quantitative estimate of drug-likeness (QED) is 0.638. The van der Waals surface area contributed by atoms with Gasteiger partial charge in [-0.05, 0) is 25.5 Å². The predicted octanol–water partition coefficient (Wildman–Crippen LogP) is 1.52. The summed E-state index contributed by atoms with van der Waals surface area (Å²) < 4.78 is 0. The summed E-state index contributed by atoms with van der Waals surface area (Å²) >= 11 is 0. The molecule has 0 bridgehead atoms. The van der Waals surface area contributed by atoms with Gasteiger partial charge >= 0.3 is 0 Å². The van der Waals surface area contributed by atoms with Crippen LogP contribution in [-0.2, 0) is 6.42 Å². The Labute approximate surface area is 153 Å². The Bertz CT molecular complexity index is 1190. The summed E-state index contributed by atoms with van der Waals surface area (Å²) in [6.45, 7) is 3.81. The number of aromatic nitrogens is 4. The fraction of sp³-hybridized carbons (Fsp3) is 0.167. The summed E-state index contributed by atoms with van der Waals surface area (Å²) in [5.41, 5.74) is 6.83. The lowest BCUT2D eigenvalue weighted by Gasteiger charge is -2.11. The van der Waals surface area contributed by atoms with E-state index in [1.807, 2.05) is 19.9 Å². The van der Waals surface area contributed by atoms with Crippen LogP contribution in [0.1, 0.15) is 29.4 Å². The molecule has 0 fully saturated rings. The Kier molecular flexibility index (Phi) is 4.36. The van der Waals surface area contributed by atoms with E-state index in [1.54, 1.807) is 12.1 Å². The number of anilines is 1. The van der Waals surface area contributed by atoms with Crippen molar-refractivity contribution in [3.63, 3.8) is 0 Å². The third kappa shape index (κ3) is 2.87. The monoisotopic (exact) mass is 361 g/mol. The standard InChI is InChI=1S/C18H15N7O2/c1-3-14-9(2)23-25(24-14)10-4-5-11(15(26)6-10)16-12(7-19)17(21)22-18(27)13(16)8-20/h4-6,26H,3H2,1-2H3,(H3,21,22,27). The number of phenolic OH excluding ortho intramolecular Hbond substituents is 1. The number of hydrogen-bond donors (Lipinski definition) is 3. The second kappa shape index (κ2) is 6.65. The SMILES string of the molecule is CCc1nn(-c2ccc(-c3c(C#N)c(N)[nH]c(=O)c3C#N)c(O)c2)nc1C. The van der Waals surface area contributed by atoms with Gasteiger partial charge in [0.05, 0.1) is 17.1 Å². The van der Waals surface area contributed by atoms with Gasteiger partial charge in [0.25, 0.3) is 5.56 Å². The number of nitrogen functional groups attached to an aromatic ring is 1. The fourth-order valence-electron chi connectivity index (χ4n) is 2.82. The van der Waals surface area contributed by atoms with Crippen LogP contribution in [0.2, 0.25) is 0 Å². The molecule has 0 aliphatic heterocycles. The first-order chi connectivity index (χ1) is 12.9. The summed E-state index contributed by atoms with van der Waals surface area (Å²) in [6.07, 6.45) is 0.721. The molecule has 0 saturated carbocycles. The molecular weight excluding hydrogens is 346 g/mol. The van der Waals surface area contributed by atoms with Crippen molar-refractivity contribution in [1.29, 1.82) is 10.5 Å². The number of pyridine rings is 1. The first-order valence-corrected chi connectivity index (χ1v) is 8.03. The number of benzene rings is 1. The molecule has 0 amide bonds. The molecule has 2 heterocycles.